The van der Waals surface area contributed by atoms with Gasteiger partial charge in [-0.05, 0) is 66.2 Å². The van der Waals surface area contributed by atoms with Crippen LogP contribution in [0.15, 0.2) is 150 Å². The summed E-state index contributed by atoms with van der Waals surface area (Å²) in [6.07, 6.45) is 0. The second-order valence-electron chi connectivity index (χ2n) is 10.9. The van der Waals surface area contributed by atoms with Crippen molar-refractivity contribution in [3.63, 3.8) is 0 Å². The van der Waals surface area contributed by atoms with Gasteiger partial charge in [0.25, 0.3) is 0 Å². The van der Waals surface area contributed by atoms with Crippen molar-refractivity contribution in [2.45, 2.75) is 0 Å². The van der Waals surface area contributed by atoms with Crippen molar-refractivity contribution >= 4 is 54.3 Å². The van der Waals surface area contributed by atoms with Gasteiger partial charge >= 0.3 is 0 Å². The Morgan fingerprint density at radius 1 is 0.317 bits per heavy atom. The van der Waals surface area contributed by atoms with E-state index in [9.17, 15) is 0 Å². The Labute approximate surface area is 237 Å². The summed E-state index contributed by atoms with van der Waals surface area (Å²) in [5.74, 6) is 0. The lowest BCUT2D eigenvalue weighted by molar-refractivity contribution is 0.670. The van der Waals surface area contributed by atoms with Crippen LogP contribution >= 0.6 is 0 Å². The summed E-state index contributed by atoms with van der Waals surface area (Å²) >= 11 is 0. The predicted octanol–water partition coefficient (Wildman–Crippen LogP) is 11.5. The Balaban J connectivity index is 1.09. The van der Waals surface area contributed by atoms with Crippen LogP contribution in [0.4, 0.5) is 0 Å². The minimum absolute atomic E-state index is 0.927. The summed E-state index contributed by atoms with van der Waals surface area (Å²) in [5.41, 5.74) is 9.07. The molecule has 0 saturated carbocycles. The highest BCUT2D eigenvalue weighted by Crippen LogP contribution is 2.40. The van der Waals surface area contributed by atoms with Crippen LogP contribution in [0, 0.1) is 0 Å². The van der Waals surface area contributed by atoms with E-state index in [0.717, 1.165) is 33.1 Å². The second-order valence-corrected chi connectivity index (χ2v) is 10.9. The Hall–Kier alpha value is -5.40. The van der Waals surface area contributed by atoms with Crippen LogP contribution in [0.25, 0.3) is 87.6 Å². The van der Waals surface area contributed by atoms with Crippen molar-refractivity contribution in [1.82, 2.24) is 0 Å². The zero-order valence-electron chi connectivity index (χ0n) is 22.3. The van der Waals surface area contributed by atoms with Gasteiger partial charge in [0.05, 0.1) is 0 Å². The first-order valence-electron chi connectivity index (χ1n) is 14.1. The third-order valence-corrected chi connectivity index (χ3v) is 8.66. The number of hydrogen-bond donors (Lipinski definition) is 0. The third-order valence-electron chi connectivity index (χ3n) is 8.66. The number of benzene rings is 8. The van der Waals surface area contributed by atoms with E-state index in [0.29, 0.717) is 0 Å². The van der Waals surface area contributed by atoms with Gasteiger partial charge in [-0.15, -0.1) is 0 Å². The largest absolute Gasteiger partial charge is 0.455 e. The number of fused-ring (bicyclic) bond motifs is 3. The van der Waals surface area contributed by atoms with Crippen LogP contribution in [0.5, 0.6) is 0 Å². The maximum atomic E-state index is 6.28. The van der Waals surface area contributed by atoms with Crippen molar-refractivity contribution in [2.75, 3.05) is 0 Å². The molecule has 9 rings (SSSR count). The first kappa shape index (κ1) is 22.4. The quantitative estimate of drug-likeness (QED) is 0.211. The van der Waals surface area contributed by atoms with Gasteiger partial charge in [-0.25, -0.2) is 0 Å². The molecule has 0 N–H and O–H groups in total. The predicted molar refractivity (Wildman–Crippen MR) is 174 cm³/mol. The van der Waals surface area contributed by atoms with Gasteiger partial charge < -0.3 is 4.42 Å². The molecule has 9 aromatic rings. The smallest absolute Gasteiger partial charge is 0.143 e. The maximum absolute atomic E-state index is 6.28. The summed E-state index contributed by atoms with van der Waals surface area (Å²) in [6.45, 7) is 0. The van der Waals surface area contributed by atoms with Crippen LogP contribution in [0.3, 0.4) is 0 Å². The van der Waals surface area contributed by atoms with E-state index in [2.05, 4.69) is 133 Å². The van der Waals surface area contributed by atoms with Gasteiger partial charge in [-0.3, -0.25) is 0 Å². The van der Waals surface area contributed by atoms with E-state index < -0.39 is 0 Å². The molecule has 0 unspecified atom stereocenters. The zero-order valence-corrected chi connectivity index (χ0v) is 22.3. The van der Waals surface area contributed by atoms with Gasteiger partial charge in [0.2, 0.25) is 0 Å². The molecule has 0 amide bonds. The first-order valence-corrected chi connectivity index (χ1v) is 14.1. The molecule has 0 bridgehead atoms. The van der Waals surface area contributed by atoms with E-state index in [-0.39, 0.29) is 0 Å². The van der Waals surface area contributed by atoms with Crippen LogP contribution in [0.2, 0.25) is 0 Å². The fraction of sp³-hybridized carbons (Fsp3) is 0. The first-order chi connectivity index (χ1) is 20.3. The average Bonchev–Trinajstić information content (AvgIpc) is 3.43. The molecule has 8 aromatic carbocycles. The van der Waals surface area contributed by atoms with Gasteiger partial charge in [0.15, 0.2) is 0 Å². The SMILES string of the molecule is c1cc2ccc3ccc(-c4ccc(-c5ccc(-c6cccc7c6oc6ccccc67)cc5)cc4)c4ccc(c1)c2c34. The molecule has 1 heteroatoms. The van der Waals surface area contributed by atoms with Crippen molar-refractivity contribution < 1.29 is 4.42 Å². The molecule has 1 nitrogen and oxygen atoms in total. The standard InChI is InChI=1S/C40H24O/c1-2-10-37-34(7-1)36-9-4-8-33(40(36)41-37)28-17-13-26(14-18-28)25-11-15-27(16-12-25)32-23-21-31-20-19-29-5-3-6-30-22-24-35(32)39(31)38(29)30/h1-24H. The highest BCUT2D eigenvalue weighted by Gasteiger charge is 2.13. The average molecular weight is 521 g/mol. The lowest BCUT2D eigenvalue weighted by atomic mass is 9.89. The van der Waals surface area contributed by atoms with Crippen LogP contribution < -0.4 is 0 Å². The number of hydrogen-bond acceptors (Lipinski definition) is 1. The monoisotopic (exact) mass is 520 g/mol. The summed E-state index contributed by atoms with van der Waals surface area (Å²) in [6, 6.07) is 52.6. The Morgan fingerprint density at radius 3 is 1.63 bits per heavy atom. The summed E-state index contributed by atoms with van der Waals surface area (Å²) < 4.78 is 6.28. The van der Waals surface area contributed by atoms with E-state index >= 15 is 0 Å². The van der Waals surface area contributed by atoms with Crippen molar-refractivity contribution in [2.24, 2.45) is 0 Å². The fourth-order valence-electron chi connectivity index (χ4n) is 6.65. The summed E-state index contributed by atoms with van der Waals surface area (Å²) in [4.78, 5) is 0. The highest BCUT2D eigenvalue weighted by molar-refractivity contribution is 6.25. The molecule has 0 radical (unpaired) electrons. The van der Waals surface area contributed by atoms with E-state index in [1.165, 1.54) is 54.6 Å². The topological polar surface area (TPSA) is 13.1 Å². The minimum atomic E-state index is 0.927. The van der Waals surface area contributed by atoms with Crippen molar-refractivity contribution in [3.8, 4) is 33.4 Å². The highest BCUT2D eigenvalue weighted by atomic mass is 16.3. The molecule has 0 saturated heterocycles. The van der Waals surface area contributed by atoms with Crippen LogP contribution in [-0.2, 0) is 0 Å². The molecular weight excluding hydrogens is 496 g/mol. The van der Waals surface area contributed by atoms with Gasteiger partial charge in [-0.2, -0.15) is 0 Å². The van der Waals surface area contributed by atoms with Gasteiger partial charge in [0.1, 0.15) is 11.2 Å². The minimum Gasteiger partial charge on any atom is -0.455 e. The molecule has 0 aliphatic heterocycles. The van der Waals surface area contributed by atoms with E-state index in [1.54, 1.807) is 0 Å². The molecule has 0 aliphatic rings. The molecule has 41 heavy (non-hydrogen) atoms. The molecule has 1 heterocycles. The van der Waals surface area contributed by atoms with Crippen molar-refractivity contribution in [3.05, 3.63) is 146 Å². The molecule has 0 fully saturated rings. The Kier molecular flexibility index (Phi) is 4.67. The maximum Gasteiger partial charge on any atom is 0.143 e. The van der Waals surface area contributed by atoms with Gasteiger partial charge in [0, 0.05) is 16.3 Å². The van der Waals surface area contributed by atoms with Gasteiger partial charge in [-0.1, -0.05) is 140 Å². The lowest BCUT2D eigenvalue weighted by Crippen LogP contribution is -1.87. The van der Waals surface area contributed by atoms with E-state index in [4.69, 9.17) is 4.42 Å². The number of rotatable bonds is 3. The number of para-hydroxylation sites is 2. The molecule has 0 spiro atoms. The Morgan fingerprint density at radius 2 is 0.878 bits per heavy atom. The Bertz CT molecular complexity index is 2370. The molecule has 0 aliphatic carbocycles. The summed E-state index contributed by atoms with van der Waals surface area (Å²) in [7, 11) is 0. The summed E-state index contributed by atoms with van der Waals surface area (Å²) in [5, 5.41) is 10.2. The second kappa shape index (κ2) is 8.55. The number of furan rings is 1. The molecular formula is C40H24O. The lowest BCUT2D eigenvalue weighted by Gasteiger charge is -2.14. The molecule has 190 valence electrons. The zero-order chi connectivity index (χ0) is 26.9. The van der Waals surface area contributed by atoms with E-state index in [1.807, 2.05) is 12.1 Å². The van der Waals surface area contributed by atoms with Crippen LogP contribution in [0.1, 0.15) is 0 Å². The third kappa shape index (κ3) is 3.36. The van der Waals surface area contributed by atoms with Crippen molar-refractivity contribution in [1.29, 1.82) is 0 Å². The van der Waals surface area contributed by atoms with Crippen LogP contribution in [-0.4, -0.2) is 0 Å². The fourth-order valence-corrected chi connectivity index (χ4v) is 6.65. The normalized spacial score (nSPS) is 11.9. The molecule has 0 atom stereocenters. The molecule has 1 aromatic heterocycles.